The lowest BCUT2D eigenvalue weighted by atomic mass is 10.3. The second-order valence-corrected chi connectivity index (χ2v) is 3.12. The summed E-state index contributed by atoms with van der Waals surface area (Å²) < 4.78 is 25.4. The summed E-state index contributed by atoms with van der Waals surface area (Å²) in [6.07, 6.45) is 1.61. The number of hydrogen-bond acceptors (Lipinski definition) is 3. The first-order valence-corrected chi connectivity index (χ1v) is 4.68. The lowest BCUT2D eigenvalue weighted by Gasteiger charge is -1.91. The van der Waals surface area contributed by atoms with Gasteiger partial charge in [0.25, 0.3) is 0 Å². The third kappa shape index (κ3) is 1.46. The van der Waals surface area contributed by atoms with Gasteiger partial charge in [-0.05, 0) is 16.6 Å². The van der Waals surface area contributed by atoms with Crippen LogP contribution >= 0.6 is 0 Å². The summed E-state index contributed by atoms with van der Waals surface area (Å²) >= 11 is 0. The van der Waals surface area contributed by atoms with Crippen LogP contribution in [0.2, 0.25) is 0 Å². The lowest BCUT2D eigenvalue weighted by Crippen LogP contribution is -1.83. The van der Waals surface area contributed by atoms with Crippen molar-refractivity contribution in [3.05, 3.63) is 36.5 Å². The summed E-state index contributed by atoms with van der Waals surface area (Å²) in [6, 6.07) is 9.25. The zero-order valence-electron chi connectivity index (χ0n) is 6.58. The molecule has 0 spiro atoms. The van der Waals surface area contributed by atoms with Crippen LogP contribution in [-0.4, -0.2) is 13.1 Å². The molecule has 0 saturated carbocycles. The fourth-order valence-electron chi connectivity index (χ4n) is 1.21. The van der Waals surface area contributed by atoms with Crippen molar-refractivity contribution in [2.45, 2.75) is 0 Å². The molecule has 0 fully saturated rings. The molecule has 0 aliphatic carbocycles. The van der Waals surface area contributed by atoms with Crippen LogP contribution in [0, 0.1) is 0 Å². The van der Waals surface area contributed by atoms with E-state index in [4.69, 9.17) is 0 Å². The van der Waals surface area contributed by atoms with E-state index < -0.39 is 10.5 Å². The fourth-order valence-corrected chi connectivity index (χ4v) is 1.50. The summed E-state index contributed by atoms with van der Waals surface area (Å²) in [5.74, 6) is 0. The highest BCUT2D eigenvalue weighted by Crippen LogP contribution is 2.14. The Balaban J connectivity index is 2.79. The van der Waals surface area contributed by atoms with Gasteiger partial charge < -0.3 is 0 Å². The minimum atomic E-state index is -2.41. The van der Waals surface area contributed by atoms with Crippen molar-refractivity contribution in [2.24, 2.45) is 4.47 Å². The lowest BCUT2D eigenvalue weighted by molar-refractivity contribution is 0.617. The molecule has 0 unspecified atom stereocenters. The number of benzene rings is 1. The van der Waals surface area contributed by atoms with E-state index in [1.54, 1.807) is 6.20 Å². The van der Waals surface area contributed by atoms with Crippen molar-refractivity contribution in [3.63, 3.8) is 0 Å². The van der Waals surface area contributed by atoms with Gasteiger partial charge in [0.2, 0.25) is 0 Å². The van der Waals surface area contributed by atoms with E-state index in [0.29, 0.717) is 0 Å². The maximum absolute atomic E-state index is 10.3. The third-order valence-electron chi connectivity index (χ3n) is 1.73. The molecule has 1 aromatic carbocycles. The topological polar surface area (TPSA) is 51.4 Å². The molecule has 13 heavy (non-hydrogen) atoms. The Bertz CT molecular complexity index is 561. The Morgan fingerprint density at radius 3 is 2.69 bits per heavy atom. The number of hydrogen-bond donors (Lipinski definition) is 0. The van der Waals surface area contributed by atoms with Crippen molar-refractivity contribution in [1.82, 2.24) is 4.68 Å². The van der Waals surface area contributed by atoms with E-state index in [2.05, 4.69) is 4.47 Å². The standard InChI is InChI=1S/C8H6N2O2S/c11-13(12)9-10-6-5-7-3-1-2-4-8(7)10/h1-6H. The first-order valence-electron chi connectivity index (χ1n) is 3.65. The minimum absolute atomic E-state index is 0.784. The second-order valence-electron chi connectivity index (χ2n) is 2.52. The molecule has 0 aliphatic heterocycles. The van der Waals surface area contributed by atoms with Crippen LogP contribution in [-0.2, 0) is 10.5 Å². The van der Waals surface area contributed by atoms with E-state index in [9.17, 15) is 8.42 Å². The van der Waals surface area contributed by atoms with Gasteiger partial charge in [-0.3, -0.25) is 0 Å². The summed E-state index contributed by atoms with van der Waals surface area (Å²) in [6.45, 7) is 0. The molecule has 4 nitrogen and oxygen atoms in total. The van der Waals surface area contributed by atoms with Crippen LogP contribution in [0.1, 0.15) is 0 Å². The van der Waals surface area contributed by atoms with Gasteiger partial charge in [0.1, 0.15) is 0 Å². The number of aromatic nitrogens is 1. The van der Waals surface area contributed by atoms with Gasteiger partial charge in [-0.2, -0.15) is 8.42 Å². The molecule has 0 N–H and O–H groups in total. The monoisotopic (exact) mass is 194 g/mol. The molecular weight excluding hydrogens is 188 g/mol. The van der Waals surface area contributed by atoms with Crippen molar-refractivity contribution in [3.8, 4) is 0 Å². The van der Waals surface area contributed by atoms with Gasteiger partial charge in [-0.15, -0.1) is 0 Å². The first-order chi connectivity index (χ1) is 6.27. The van der Waals surface area contributed by atoms with Crippen molar-refractivity contribution >= 4 is 21.4 Å². The molecular formula is C8H6N2O2S. The molecule has 5 heteroatoms. The van der Waals surface area contributed by atoms with E-state index in [1.807, 2.05) is 30.3 Å². The third-order valence-corrected chi connectivity index (χ3v) is 2.04. The smallest absolute Gasteiger partial charge is 0.225 e. The predicted octanol–water partition coefficient (Wildman–Crippen LogP) is 1.47. The molecule has 2 rings (SSSR count). The molecule has 66 valence electrons. The highest BCUT2D eigenvalue weighted by atomic mass is 32.2. The van der Waals surface area contributed by atoms with E-state index in [-0.39, 0.29) is 0 Å². The summed E-state index contributed by atoms with van der Waals surface area (Å²) in [4.78, 5) is 0. The minimum Gasteiger partial charge on any atom is -0.225 e. The molecule has 0 aliphatic rings. The molecule has 0 bridgehead atoms. The van der Waals surface area contributed by atoms with Gasteiger partial charge in [0, 0.05) is 11.6 Å². The number of para-hydroxylation sites is 1. The van der Waals surface area contributed by atoms with E-state index >= 15 is 0 Å². The molecule has 0 atom stereocenters. The molecule has 0 radical (unpaired) electrons. The summed E-state index contributed by atoms with van der Waals surface area (Å²) in [5.41, 5.74) is 0.784. The van der Waals surface area contributed by atoms with Crippen molar-refractivity contribution in [1.29, 1.82) is 0 Å². The van der Waals surface area contributed by atoms with Crippen LogP contribution in [0.3, 0.4) is 0 Å². The van der Waals surface area contributed by atoms with Crippen LogP contribution in [0.25, 0.3) is 10.9 Å². The van der Waals surface area contributed by atoms with Gasteiger partial charge in [-0.25, -0.2) is 4.68 Å². The van der Waals surface area contributed by atoms with Gasteiger partial charge >= 0.3 is 10.5 Å². The summed E-state index contributed by atoms with van der Waals surface area (Å²) in [5, 5.41) is 0.969. The zero-order chi connectivity index (χ0) is 9.26. The molecule has 1 aromatic heterocycles. The van der Waals surface area contributed by atoms with Gasteiger partial charge in [0.05, 0.1) is 5.52 Å². The van der Waals surface area contributed by atoms with Gasteiger partial charge in [-0.1, -0.05) is 18.2 Å². The maximum Gasteiger partial charge on any atom is 0.333 e. The summed E-state index contributed by atoms with van der Waals surface area (Å²) in [7, 11) is -2.41. The molecule has 1 heterocycles. The SMILES string of the molecule is O=S(=O)=Nn1ccc2ccccc21. The predicted molar refractivity (Wildman–Crippen MR) is 48.7 cm³/mol. The van der Waals surface area contributed by atoms with Crippen molar-refractivity contribution < 1.29 is 8.42 Å². The number of fused-ring (bicyclic) bond motifs is 1. The van der Waals surface area contributed by atoms with Gasteiger partial charge in [0.15, 0.2) is 0 Å². The zero-order valence-corrected chi connectivity index (χ0v) is 7.40. The Morgan fingerprint density at radius 1 is 1.15 bits per heavy atom. The molecule has 0 saturated heterocycles. The highest BCUT2D eigenvalue weighted by Gasteiger charge is 1.96. The Labute approximate surface area is 76.1 Å². The van der Waals surface area contributed by atoms with E-state index in [1.165, 1.54) is 4.68 Å². The molecule has 2 aromatic rings. The van der Waals surface area contributed by atoms with E-state index in [0.717, 1.165) is 10.9 Å². The average molecular weight is 194 g/mol. The largest absolute Gasteiger partial charge is 0.333 e. The average Bonchev–Trinajstić information content (AvgIpc) is 2.48. The first kappa shape index (κ1) is 8.00. The second kappa shape index (κ2) is 3.02. The number of nitrogens with zero attached hydrogens (tertiary/aromatic N) is 2. The Morgan fingerprint density at radius 2 is 1.92 bits per heavy atom. The van der Waals surface area contributed by atoms with Crippen LogP contribution < -0.4 is 0 Å². The maximum atomic E-state index is 10.3. The van der Waals surface area contributed by atoms with Crippen molar-refractivity contribution in [2.75, 3.05) is 0 Å². The van der Waals surface area contributed by atoms with Crippen LogP contribution in [0.4, 0.5) is 0 Å². The quantitative estimate of drug-likeness (QED) is 0.690. The highest BCUT2D eigenvalue weighted by molar-refractivity contribution is 7.61. The fraction of sp³-hybridized carbons (Fsp3) is 0. The Hall–Kier alpha value is -1.62. The van der Waals surface area contributed by atoms with Crippen LogP contribution in [0.5, 0.6) is 0 Å². The molecule has 0 amide bonds. The Kier molecular flexibility index (Phi) is 1.86. The normalized spacial score (nSPS) is 10.2. The number of rotatable bonds is 1. The van der Waals surface area contributed by atoms with Crippen LogP contribution in [0.15, 0.2) is 41.0 Å².